The van der Waals surface area contributed by atoms with Gasteiger partial charge < -0.3 is 10.4 Å². The van der Waals surface area contributed by atoms with E-state index in [4.69, 9.17) is 11.6 Å². The minimum atomic E-state index is -0.210. The van der Waals surface area contributed by atoms with E-state index < -0.39 is 0 Å². The second kappa shape index (κ2) is 7.55. The van der Waals surface area contributed by atoms with Crippen molar-refractivity contribution >= 4 is 28.8 Å². The summed E-state index contributed by atoms with van der Waals surface area (Å²) in [5.41, 5.74) is 5.42. The number of rotatable bonds is 5. The molecule has 6 nitrogen and oxygen atoms in total. The fraction of sp³-hybridized carbons (Fsp3) is 0.174. The number of nitrogens with one attached hydrogen (secondary N) is 1. The van der Waals surface area contributed by atoms with Crippen molar-refractivity contribution in [1.82, 2.24) is 14.4 Å². The number of pyridine rings is 2. The first kappa shape index (κ1) is 18.8. The van der Waals surface area contributed by atoms with Crippen LogP contribution in [0.3, 0.4) is 0 Å². The molecule has 1 aliphatic carbocycles. The van der Waals surface area contributed by atoms with Crippen LogP contribution in [0, 0.1) is 0 Å². The summed E-state index contributed by atoms with van der Waals surface area (Å²) in [5, 5.41) is 13.3. The molecule has 1 amide bonds. The lowest BCUT2D eigenvalue weighted by Crippen LogP contribution is -2.12. The smallest absolute Gasteiger partial charge is 0.255 e. The Morgan fingerprint density at radius 3 is 2.60 bits per heavy atom. The number of aromatic nitrogens is 3. The van der Waals surface area contributed by atoms with E-state index in [0.29, 0.717) is 22.2 Å². The van der Waals surface area contributed by atoms with Gasteiger partial charge >= 0.3 is 0 Å². The van der Waals surface area contributed by atoms with Crippen LogP contribution < -0.4 is 5.32 Å². The van der Waals surface area contributed by atoms with Crippen LogP contribution >= 0.6 is 11.6 Å². The molecule has 0 atom stereocenters. The Labute approximate surface area is 178 Å². The average molecular weight is 419 g/mol. The van der Waals surface area contributed by atoms with Crippen LogP contribution in [-0.2, 0) is 6.61 Å². The number of aliphatic hydroxyl groups is 1. The molecule has 5 rings (SSSR count). The fourth-order valence-electron chi connectivity index (χ4n) is 3.57. The van der Waals surface area contributed by atoms with Gasteiger partial charge in [-0.3, -0.25) is 14.2 Å². The molecule has 2 N–H and O–H groups in total. The number of imidazole rings is 1. The molecule has 0 aliphatic heterocycles. The molecular weight excluding hydrogens is 400 g/mol. The Kier molecular flexibility index (Phi) is 4.73. The molecule has 7 heteroatoms. The molecule has 0 saturated heterocycles. The van der Waals surface area contributed by atoms with E-state index in [-0.39, 0.29) is 12.5 Å². The van der Waals surface area contributed by atoms with Gasteiger partial charge in [0, 0.05) is 29.4 Å². The first-order chi connectivity index (χ1) is 14.6. The van der Waals surface area contributed by atoms with Gasteiger partial charge in [0.15, 0.2) is 0 Å². The third kappa shape index (κ3) is 3.56. The number of anilines is 1. The van der Waals surface area contributed by atoms with Gasteiger partial charge in [0.05, 0.1) is 34.4 Å². The number of carbonyl (C=O) groups excluding carboxylic acids is 1. The molecule has 0 unspecified atom stereocenters. The molecule has 30 heavy (non-hydrogen) atoms. The molecule has 1 aromatic carbocycles. The fourth-order valence-corrected chi connectivity index (χ4v) is 3.68. The number of aliphatic hydroxyl groups excluding tert-OH is 1. The maximum absolute atomic E-state index is 12.7. The van der Waals surface area contributed by atoms with Crippen LogP contribution in [0.15, 0.2) is 60.9 Å². The molecule has 3 aromatic heterocycles. The van der Waals surface area contributed by atoms with Crippen LogP contribution in [0.5, 0.6) is 0 Å². The van der Waals surface area contributed by atoms with E-state index in [9.17, 15) is 9.90 Å². The minimum Gasteiger partial charge on any atom is -0.390 e. The third-order valence-corrected chi connectivity index (χ3v) is 5.51. The highest BCUT2D eigenvalue weighted by atomic mass is 35.5. The lowest BCUT2D eigenvalue weighted by atomic mass is 10.1. The van der Waals surface area contributed by atoms with Gasteiger partial charge in [0.25, 0.3) is 5.91 Å². The molecule has 0 spiro atoms. The van der Waals surface area contributed by atoms with Gasteiger partial charge in [0.1, 0.15) is 5.65 Å². The summed E-state index contributed by atoms with van der Waals surface area (Å²) < 4.78 is 1.86. The van der Waals surface area contributed by atoms with Gasteiger partial charge in [-0.25, -0.2) is 4.98 Å². The molecule has 0 bridgehead atoms. The van der Waals surface area contributed by atoms with Crippen molar-refractivity contribution in [3.05, 3.63) is 82.9 Å². The number of fused-ring (bicyclic) bond motifs is 1. The monoisotopic (exact) mass is 418 g/mol. The number of benzene rings is 1. The van der Waals surface area contributed by atoms with E-state index in [1.807, 2.05) is 40.9 Å². The van der Waals surface area contributed by atoms with Crippen molar-refractivity contribution in [2.24, 2.45) is 0 Å². The summed E-state index contributed by atoms with van der Waals surface area (Å²) in [4.78, 5) is 21.6. The Balaban J connectivity index is 1.37. The van der Waals surface area contributed by atoms with Crippen molar-refractivity contribution in [3.63, 3.8) is 0 Å². The molecule has 1 fully saturated rings. The van der Waals surface area contributed by atoms with Crippen LogP contribution in [0.25, 0.3) is 16.9 Å². The topological polar surface area (TPSA) is 79.5 Å². The van der Waals surface area contributed by atoms with E-state index in [1.54, 1.807) is 24.4 Å². The van der Waals surface area contributed by atoms with Crippen molar-refractivity contribution in [2.45, 2.75) is 25.4 Å². The van der Waals surface area contributed by atoms with Gasteiger partial charge in [-0.2, -0.15) is 0 Å². The van der Waals surface area contributed by atoms with E-state index in [2.05, 4.69) is 15.3 Å². The van der Waals surface area contributed by atoms with Crippen LogP contribution in [-0.4, -0.2) is 25.4 Å². The minimum absolute atomic E-state index is 0.0788. The van der Waals surface area contributed by atoms with Crippen LogP contribution in [0.2, 0.25) is 5.02 Å². The molecule has 150 valence electrons. The molecule has 1 saturated carbocycles. The third-order valence-electron chi connectivity index (χ3n) is 5.29. The van der Waals surface area contributed by atoms with Gasteiger partial charge in [-0.15, -0.1) is 0 Å². The Hall–Kier alpha value is -3.22. The molecular formula is C23H19ClN4O2. The van der Waals surface area contributed by atoms with Gasteiger partial charge in [-0.05, 0) is 49.2 Å². The van der Waals surface area contributed by atoms with E-state index in [0.717, 1.165) is 41.1 Å². The van der Waals surface area contributed by atoms with Crippen molar-refractivity contribution in [1.29, 1.82) is 0 Å². The normalized spacial score (nSPS) is 13.5. The lowest BCUT2D eigenvalue weighted by molar-refractivity contribution is 0.102. The Bertz CT molecular complexity index is 1230. The summed E-state index contributed by atoms with van der Waals surface area (Å²) in [6, 6.07) is 14.5. The van der Waals surface area contributed by atoms with E-state index >= 15 is 0 Å². The van der Waals surface area contributed by atoms with Gasteiger partial charge in [-0.1, -0.05) is 23.7 Å². The first-order valence-corrected chi connectivity index (χ1v) is 10.2. The number of nitrogens with zero attached hydrogens (tertiary/aromatic N) is 3. The standard InChI is InChI=1S/C23H19ClN4O2/c24-17-7-9-19(25-11-17)14-1-5-16(6-2-14)23(30)26-18-8-10-21-27-22(15-3-4-15)20(13-29)28(21)12-18/h1-2,5-12,15,29H,3-4,13H2,(H,26,30). The second-order valence-corrected chi connectivity index (χ2v) is 7.85. The van der Waals surface area contributed by atoms with Gasteiger partial charge in [0.2, 0.25) is 0 Å². The number of halogens is 1. The number of carbonyl (C=O) groups is 1. The van der Waals surface area contributed by atoms with Crippen LogP contribution in [0.4, 0.5) is 5.69 Å². The molecule has 4 aromatic rings. The highest BCUT2D eigenvalue weighted by Gasteiger charge is 2.29. The zero-order chi connectivity index (χ0) is 20.7. The van der Waals surface area contributed by atoms with E-state index in [1.165, 1.54) is 0 Å². The molecule has 3 heterocycles. The lowest BCUT2D eigenvalue weighted by Gasteiger charge is -2.08. The zero-order valence-corrected chi connectivity index (χ0v) is 16.8. The SMILES string of the molecule is O=C(Nc1ccc2nc(C3CC3)c(CO)n2c1)c1ccc(-c2ccc(Cl)cn2)cc1. The Morgan fingerprint density at radius 1 is 1.13 bits per heavy atom. The summed E-state index contributed by atoms with van der Waals surface area (Å²) in [6.07, 6.45) is 5.63. The number of hydrogen-bond donors (Lipinski definition) is 2. The first-order valence-electron chi connectivity index (χ1n) is 9.77. The quantitative estimate of drug-likeness (QED) is 0.493. The number of hydrogen-bond acceptors (Lipinski definition) is 4. The summed E-state index contributed by atoms with van der Waals surface area (Å²) in [5.74, 6) is 0.233. The van der Waals surface area contributed by atoms with Crippen molar-refractivity contribution in [2.75, 3.05) is 5.32 Å². The number of amides is 1. The summed E-state index contributed by atoms with van der Waals surface area (Å²) >= 11 is 5.88. The summed E-state index contributed by atoms with van der Waals surface area (Å²) in [6.45, 7) is -0.0788. The van der Waals surface area contributed by atoms with Crippen LogP contribution in [0.1, 0.15) is 40.5 Å². The maximum Gasteiger partial charge on any atom is 0.255 e. The Morgan fingerprint density at radius 2 is 1.93 bits per heavy atom. The predicted molar refractivity (Wildman–Crippen MR) is 116 cm³/mol. The van der Waals surface area contributed by atoms with Crippen molar-refractivity contribution in [3.8, 4) is 11.3 Å². The zero-order valence-electron chi connectivity index (χ0n) is 16.0. The highest BCUT2D eigenvalue weighted by molar-refractivity contribution is 6.30. The molecule has 1 aliphatic rings. The predicted octanol–water partition coefficient (Wildman–Crippen LogP) is 4.67. The summed E-state index contributed by atoms with van der Waals surface area (Å²) in [7, 11) is 0. The maximum atomic E-state index is 12.7. The average Bonchev–Trinajstić information content (AvgIpc) is 3.55. The largest absolute Gasteiger partial charge is 0.390 e. The second-order valence-electron chi connectivity index (χ2n) is 7.42. The highest BCUT2D eigenvalue weighted by Crippen LogP contribution is 2.41. The van der Waals surface area contributed by atoms with Crippen molar-refractivity contribution < 1.29 is 9.90 Å². The molecule has 0 radical (unpaired) electrons.